The van der Waals surface area contributed by atoms with Crippen molar-refractivity contribution in [2.75, 3.05) is 30.8 Å². The van der Waals surface area contributed by atoms with Gasteiger partial charge in [0.1, 0.15) is 5.82 Å². The summed E-state index contributed by atoms with van der Waals surface area (Å²) in [5, 5.41) is 7.62. The number of aromatic nitrogens is 3. The van der Waals surface area contributed by atoms with Crippen LogP contribution >= 0.6 is 11.6 Å². The molecule has 3 heterocycles. The number of nitrogens with zero attached hydrogens (tertiary/aromatic N) is 4. The molecule has 0 atom stereocenters. The van der Waals surface area contributed by atoms with Crippen LogP contribution in [0.15, 0.2) is 24.5 Å². The van der Waals surface area contributed by atoms with Gasteiger partial charge in [0.15, 0.2) is 0 Å². The third-order valence-electron chi connectivity index (χ3n) is 5.79. The Hall–Kier alpha value is -1.92. The first-order valence-electron chi connectivity index (χ1n) is 10.4. The van der Waals surface area contributed by atoms with Gasteiger partial charge in [-0.3, -0.25) is 0 Å². The van der Waals surface area contributed by atoms with Gasteiger partial charge in [0.05, 0.1) is 16.9 Å². The fraction of sp³-hybridized carbons (Fsp3) is 0.571. The highest BCUT2D eigenvalue weighted by atomic mass is 35.5. The summed E-state index contributed by atoms with van der Waals surface area (Å²) in [4.78, 5) is 16.0. The average molecular weight is 401 g/mol. The number of nitrogens with one attached hydrogen (secondary N) is 2. The molecule has 1 saturated heterocycles. The van der Waals surface area contributed by atoms with Gasteiger partial charge in [0.25, 0.3) is 0 Å². The monoisotopic (exact) mass is 400 g/mol. The van der Waals surface area contributed by atoms with Gasteiger partial charge in [0, 0.05) is 23.8 Å². The Morgan fingerprint density at radius 1 is 1.00 bits per heavy atom. The molecule has 2 aromatic rings. The van der Waals surface area contributed by atoms with Crippen molar-refractivity contribution in [2.24, 2.45) is 0 Å². The minimum Gasteiger partial charge on any atom is -0.367 e. The van der Waals surface area contributed by atoms with E-state index in [0.717, 1.165) is 43.0 Å². The van der Waals surface area contributed by atoms with Crippen LogP contribution < -0.4 is 10.6 Å². The van der Waals surface area contributed by atoms with Gasteiger partial charge in [-0.25, -0.2) is 15.0 Å². The van der Waals surface area contributed by atoms with Gasteiger partial charge < -0.3 is 15.5 Å². The highest BCUT2D eigenvalue weighted by Gasteiger charge is 2.18. The molecule has 6 nitrogen and oxygen atoms in total. The molecule has 2 N–H and O–H groups in total. The number of rotatable bonds is 5. The maximum atomic E-state index is 6.43. The number of piperidine rings is 1. The van der Waals surface area contributed by atoms with Gasteiger partial charge in [-0.15, -0.1) is 0 Å². The Labute approximate surface area is 172 Å². The summed E-state index contributed by atoms with van der Waals surface area (Å²) in [6.45, 7) is 2.23. The fourth-order valence-electron chi connectivity index (χ4n) is 4.09. The van der Waals surface area contributed by atoms with Crippen molar-refractivity contribution in [1.29, 1.82) is 0 Å². The van der Waals surface area contributed by atoms with E-state index in [4.69, 9.17) is 16.6 Å². The molecule has 4 rings (SSSR count). The zero-order valence-corrected chi connectivity index (χ0v) is 17.3. The second-order valence-corrected chi connectivity index (χ2v) is 8.43. The predicted octanol–water partition coefficient (Wildman–Crippen LogP) is 4.44. The summed E-state index contributed by atoms with van der Waals surface area (Å²) < 4.78 is 0. The van der Waals surface area contributed by atoms with Crippen LogP contribution in [0.3, 0.4) is 0 Å². The summed E-state index contributed by atoms with van der Waals surface area (Å²) >= 11 is 6.43. The molecule has 1 saturated carbocycles. The van der Waals surface area contributed by atoms with Crippen molar-refractivity contribution in [3.05, 3.63) is 29.5 Å². The molecule has 2 fully saturated rings. The molecular formula is C21H29ClN6. The molecule has 0 amide bonds. The maximum absolute atomic E-state index is 6.43. The molecule has 0 bridgehead atoms. The number of anilines is 2. The maximum Gasteiger partial charge on any atom is 0.223 e. The third kappa shape index (κ3) is 4.92. The predicted molar refractivity (Wildman–Crippen MR) is 115 cm³/mol. The average Bonchev–Trinajstić information content (AvgIpc) is 2.72. The van der Waals surface area contributed by atoms with Gasteiger partial charge in [-0.1, -0.05) is 30.9 Å². The van der Waals surface area contributed by atoms with E-state index in [1.165, 1.54) is 32.1 Å². The number of likely N-dealkylation sites (tertiary alicyclic amines) is 1. The van der Waals surface area contributed by atoms with Crippen LogP contribution in [0.25, 0.3) is 11.3 Å². The molecule has 0 radical (unpaired) electrons. The van der Waals surface area contributed by atoms with Gasteiger partial charge in [-0.2, -0.15) is 0 Å². The quantitative estimate of drug-likeness (QED) is 0.773. The van der Waals surface area contributed by atoms with E-state index in [0.29, 0.717) is 23.1 Å². The summed E-state index contributed by atoms with van der Waals surface area (Å²) in [7, 11) is 2.17. The molecule has 28 heavy (non-hydrogen) atoms. The van der Waals surface area contributed by atoms with Crippen LogP contribution in [0.1, 0.15) is 44.9 Å². The number of pyridine rings is 1. The molecule has 0 aromatic carbocycles. The second kappa shape index (κ2) is 9.05. The second-order valence-electron chi connectivity index (χ2n) is 8.02. The molecule has 0 unspecified atom stereocenters. The standard InChI is InChI=1S/C21H29ClN6/c1-28-11-8-17(9-12-28)25-19-13-15(7-10-23-19)20-18(22)14-24-21(27-20)26-16-5-3-2-4-6-16/h7,10,13-14,16-17H,2-6,8-9,11-12H2,1H3,(H,23,25)(H,24,26,27). The molecule has 150 valence electrons. The molecule has 2 aromatic heterocycles. The van der Waals surface area contributed by atoms with E-state index in [-0.39, 0.29) is 0 Å². The highest BCUT2D eigenvalue weighted by Crippen LogP contribution is 2.29. The minimum absolute atomic E-state index is 0.460. The Morgan fingerprint density at radius 2 is 1.75 bits per heavy atom. The van der Waals surface area contributed by atoms with E-state index in [2.05, 4.69) is 32.5 Å². The van der Waals surface area contributed by atoms with Crippen molar-refractivity contribution in [2.45, 2.75) is 57.0 Å². The van der Waals surface area contributed by atoms with E-state index in [1.807, 2.05) is 18.3 Å². The lowest BCUT2D eigenvalue weighted by molar-refractivity contribution is 0.263. The van der Waals surface area contributed by atoms with Crippen LogP contribution in [0.2, 0.25) is 5.02 Å². The first-order chi connectivity index (χ1) is 13.7. The Balaban J connectivity index is 1.49. The highest BCUT2D eigenvalue weighted by molar-refractivity contribution is 6.32. The third-order valence-corrected chi connectivity index (χ3v) is 6.06. The molecule has 7 heteroatoms. The summed E-state index contributed by atoms with van der Waals surface area (Å²) in [6.07, 6.45) is 12.0. The van der Waals surface area contributed by atoms with Crippen molar-refractivity contribution in [3.63, 3.8) is 0 Å². The normalized spacial score (nSPS) is 19.5. The summed E-state index contributed by atoms with van der Waals surface area (Å²) in [6, 6.07) is 4.92. The molecular weight excluding hydrogens is 372 g/mol. The zero-order valence-electron chi connectivity index (χ0n) is 16.5. The molecule has 1 aliphatic carbocycles. The van der Waals surface area contributed by atoms with Crippen LogP contribution in [-0.4, -0.2) is 52.1 Å². The molecule has 1 aliphatic heterocycles. The molecule has 2 aliphatic rings. The van der Waals surface area contributed by atoms with E-state index in [1.54, 1.807) is 6.20 Å². The Kier molecular flexibility index (Phi) is 6.27. The lowest BCUT2D eigenvalue weighted by atomic mass is 9.96. The SMILES string of the molecule is CN1CCC(Nc2cc(-c3nc(NC4CCCCC4)ncc3Cl)ccn2)CC1. The van der Waals surface area contributed by atoms with Crippen LogP contribution in [-0.2, 0) is 0 Å². The Bertz CT molecular complexity index is 784. The van der Waals surface area contributed by atoms with Crippen LogP contribution in [0.5, 0.6) is 0 Å². The van der Waals surface area contributed by atoms with E-state index in [9.17, 15) is 0 Å². The van der Waals surface area contributed by atoms with Crippen molar-refractivity contribution in [1.82, 2.24) is 19.9 Å². The first kappa shape index (κ1) is 19.4. The van der Waals surface area contributed by atoms with Gasteiger partial charge in [-0.05, 0) is 58.0 Å². The lowest BCUT2D eigenvalue weighted by Crippen LogP contribution is -2.36. The van der Waals surface area contributed by atoms with Crippen LogP contribution in [0.4, 0.5) is 11.8 Å². The Morgan fingerprint density at radius 3 is 2.54 bits per heavy atom. The van der Waals surface area contributed by atoms with Gasteiger partial charge >= 0.3 is 0 Å². The van der Waals surface area contributed by atoms with Crippen molar-refractivity contribution in [3.8, 4) is 11.3 Å². The minimum atomic E-state index is 0.460. The smallest absolute Gasteiger partial charge is 0.223 e. The van der Waals surface area contributed by atoms with Crippen molar-refractivity contribution >= 4 is 23.4 Å². The number of hydrogen-bond donors (Lipinski definition) is 2. The van der Waals surface area contributed by atoms with Crippen LogP contribution in [0, 0.1) is 0 Å². The largest absolute Gasteiger partial charge is 0.367 e. The zero-order chi connectivity index (χ0) is 19.3. The topological polar surface area (TPSA) is 66.0 Å². The molecule has 0 spiro atoms. The van der Waals surface area contributed by atoms with Crippen molar-refractivity contribution < 1.29 is 0 Å². The lowest BCUT2D eigenvalue weighted by Gasteiger charge is -2.29. The number of hydrogen-bond acceptors (Lipinski definition) is 6. The first-order valence-corrected chi connectivity index (χ1v) is 10.8. The van der Waals surface area contributed by atoms with E-state index < -0.39 is 0 Å². The van der Waals surface area contributed by atoms with Gasteiger partial charge in [0.2, 0.25) is 5.95 Å². The summed E-state index contributed by atoms with van der Waals surface area (Å²) in [5.74, 6) is 1.54. The fourth-order valence-corrected chi connectivity index (χ4v) is 4.29. The number of halogens is 1. The van der Waals surface area contributed by atoms with E-state index >= 15 is 0 Å². The summed E-state index contributed by atoms with van der Waals surface area (Å²) in [5.41, 5.74) is 1.72.